The van der Waals surface area contributed by atoms with Crippen LogP contribution in [0.2, 0.25) is 0 Å². The second kappa shape index (κ2) is 9.08. The van der Waals surface area contributed by atoms with E-state index < -0.39 is 0 Å². The Hall–Kier alpha value is -2.33. The van der Waals surface area contributed by atoms with Crippen LogP contribution in [-0.4, -0.2) is 19.2 Å². The minimum Gasteiger partial charge on any atom is -0.494 e. The first-order valence-electron chi connectivity index (χ1n) is 8.30. The molecular weight excluding hydrogens is 304 g/mol. The van der Waals surface area contributed by atoms with Gasteiger partial charge in [-0.2, -0.15) is 0 Å². The highest BCUT2D eigenvalue weighted by Crippen LogP contribution is 2.20. The van der Waals surface area contributed by atoms with Crippen molar-refractivity contribution in [3.8, 4) is 11.5 Å². The Labute approximate surface area is 143 Å². The molecule has 2 aromatic carbocycles. The lowest BCUT2D eigenvalue weighted by molar-refractivity contribution is 0.0728. The van der Waals surface area contributed by atoms with E-state index in [0.717, 1.165) is 17.7 Å². The number of carbonyl (C=O) groups excluding carboxylic acids is 1. The van der Waals surface area contributed by atoms with Crippen molar-refractivity contribution in [3.63, 3.8) is 0 Å². The quantitative estimate of drug-likeness (QED) is 0.516. The molecule has 0 aliphatic carbocycles. The molecule has 24 heavy (non-hydrogen) atoms. The lowest BCUT2D eigenvalue weighted by Gasteiger charge is -2.12. The lowest BCUT2D eigenvalue weighted by atomic mass is 10.1. The average molecular weight is 328 g/mol. The number of rotatable bonds is 8. The normalized spacial score (nSPS) is 11.8. The number of esters is 1. The van der Waals surface area contributed by atoms with E-state index in [9.17, 15) is 4.79 Å². The molecule has 0 aliphatic rings. The average Bonchev–Trinajstić information content (AvgIpc) is 2.61. The number of carbonyl (C=O) groups is 1. The van der Waals surface area contributed by atoms with Crippen LogP contribution in [0.4, 0.5) is 0 Å². The zero-order valence-corrected chi connectivity index (χ0v) is 14.5. The Kier molecular flexibility index (Phi) is 6.82. The van der Waals surface area contributed by atoms with Crippen molar-refractivity contribution in [1.29, 1.82) is 0 Å². The fourth-order valence-electron chi connectivity index (χ4n) is 2.23. The molecule has 2 rings (SSSR count). The zero-order valence-electron chi connectivity index (χ0n) is 14.5. The summed E-state index contributed by atoms with van der Waals surface area (Å²) in [6.07, 6.45) is 0.963. The molecule has 0 heterocycles. The van der Waals surface area contributed by atoms with Crippen LogP contribution in [0.1, 0.15) is 49.2 Å². The molecule has 128 valence electrons. The molecule has 0 saturated carbocycles. The molecule has 0 fully saturated rings. The highest BCUT2D eigenvalue weighted by Gasteiger charge is 2.11. The summed E-state index contributed by atoms with van der Waals surface area (Å²) in [6, 6.07) is 14.3. The van der Waals surface area contributed by atoms with Gasteiger partial charge in [0.15, 0.2) is 0 Å². The van der Waals surface area contributed by atoms with Crippen LogP contribution in [0.5, 0.6) is 11.5 Å². The fraction of sp³-hybridized carbons (Fsp3) is 0.350. The maximum Gasteiger partial charge on any atom is 0.343 e. The summed E-state index contributed by atoms with van der Waals surface area (Å²) in [7, 11) is 0. The van der Waals surface area contributed by atoms with Crippen LogP contribution < -0.4 is 9.47 Å². The predicted molar refractivity (Wildman–Crippen MR) is 93.7 cm³/mol. The minimum absolute atomic E-state index is 0.00994. The van der Waals surface area contributed by atoms with Crippen molar-refractivity contribution in [2.75, 3.05) is 13.2 Å². The highest BCUT2D eigenvalue weighted by atomic mass is 16.5. The Morgan fingerprint density at radius 3 is 2.17 bits per heavy atom. The first kappa shape index (κ1) is 18.0. The van der Waals surface area contributed by atoms with E-state index in [0.29, 0.717) is 24.5 Å². The third-order valence-electron chi connectivity index (χ3n) is 3.54. The van der Waals surface area contributed by atoms with Crippen molar-refractivity contribution in [3.05, 3.63) is 59.7 Å². The molecule has 0 spiro atoms. The van der Waals surface area contributed by atoms with Gasteiger partial charge in [0.1, 0.15) is 11.5 Å². The van der Waals surface area contributed by atoms with Gasteiger partial charge in [0.25, 0.3) is 0 Å². The smallest absolute Gasteiger partial charge is 0.343 e. The molecule has 0 radical (unpaired) electrons. The first-order chi connectivity index (χ1) is 11.6. The molecule has 0 aliphatic heterocycles. The number of hydrogen-bond acceptors (Lipinski definition) is 4. The molecule has 0 amide bonds. The van der Waals surface area contributed by atoms with Gasteiger partial charge < -0.3 is 14.2 Å². The van der Waals surface area contributed by atoms with E-state index in [2.05, 4.69) is 6.92 Å². The molecular formula is C20H24O4. The molecule has 4 heteroatoms. The summed E-state index contributed by atoms with van der Waals surface area (Å²) in [6.45, 7) is 7.32. The third-order valence-corrected chi connectivity index (χ3v) is 3.54. The van der Waals surface area contributed by atoms with E-state index >= 15 is 0 Å². The van der Waals surface area contributed by atoms with Gasteiger partial charge in [-0.05, 0) is 62.2 Å². The monoisotopic (exact) mass is 328 g/mol. The van der Waals surface area contributed by atoms with Crippen LogP contribution in [0.15, 0.2) is 48.5 Å². The van der Waals surface area contributed by atoms with Crippen molar-refractivity contribution in [1.82, 2.24) is 0 Å². The van der Waals surface area contributed by atoms with E-state index in [-0.39, 0.29) is 12.1 Å². The van der Waals surface area contributed by atoms with Crippen LogP contribution in [-0.2, 0) is 4.74 Å². The Bertz CT molecular complexity index is 632. The SMILES string of the molecule is CCCOc1ccc(OC(=O)c2ccc(C(C)OCC)cc2)cc1. The summed E-state index contributed by atoms with van der Waals surface area (Å²) in [5.74, 6) is 0.884. The van der Waals surface area contributed by atoms with Crippen molar-refractivity contribution < 1.29 is 19.0 Å². The van der Waals surface area contributed by atoms with Gasteiger partial charge in [-0.3, -0.25) is 0 Å². The Morgan fingerprint density at radius 1 is 0.958 bits per heavy atom. The summed E-state index contributed by atoms with van der Waals surface area (Å²) < 4.78 is 16.4. The van der Waals surface area contributed by atoms with E-state index in [1.54, 1.807) is 36.4 Å². The zero-order chi connectivity index (χ0) is 17.4. The molecule has 1 unspecified atom stereocenters. The fourth-order valence-corrected chi connectivity index (χ4v) is 2.23. The van der Waals surface area contributed by atoms with Crippen LogP contribution in [0, 0.1) is 0 Å². The maximum absolute atomic E-state index is 12.2. The highest BCUT2D eigenvalue weighted by molar-refractivity contribution is 5.91. The summed E-state index contributed by atoms with van der Waals surface area (Å²) >= 11 is 0. The molecule has 0 N–H and O–H groups in total. The standard InChI is InChI=1S/C20H24O4/c1-4-14-23-18-10-12-19(13-11-18)24-20(21)17-8-6-16(7-9-17)15(3)22-5-2/h6-13,15H,4-5,14H2,1-3H3. The Balaban J connectivity index is 1.96. The van der Waals surface area contributed by atoms with Crippen LogP contribution >= 0.6 is 0 Å². The maximum atomic E-state index is 12.2. The van der Waals surface area contributed by atoms with E-state index in [4.69, 9.17) is 14.2 Å². The minimum atomic E-state index is -0.382. The molecule has 0 aromatic heterocycles. The summed E-state index contributed by atoms with van der Waals surface area (Å²) in [5.41, 5.74) is 1.54. The molecule has 4 nitrogen and oxygen atoms in total. The van der Waals surface area contributed by atoms with Crippen molar-refractivity contribution in [2.45, 2.75) is 33.3 Å². The van der Waals surface area contributed by atoms with Gasteiger partial charge in [-0.1, -0.05) is 19.1 Å². The van der Waals surface area contributed by atoms with Gasteiger partial charge in [0.05, 0.1) is 18.3 Å². The van der Waals surface area contributed by atoms with Crippen LogP contribution in [0.3, 0.4) is 0 Å². The number of ether oxygens (including phenoxy) is 3. The van der Waals surface area contributed by atoms with Crippen molar-refractivity contribution >= 4 is 5.97 Å². The number of benzene rings is 2. The Morgan fingerprint density at radius 2 is 1.58 bits per heavy atom. The predicted octanol–water partition coefficient (Wildman–Crippen LogP) is 4.79. The van der Waals surface area contributed by atoms with Crippen molar-refractivity contribution in [2.24, 2.45) is 0 Å². The first-order valence-corrected chi connectivity index (χ1v) is 8.30. The summed E-state index contributed by atoms with van der Waals surface area (Å²) in [5, 5.41) is 0. The molecule has 0 bridgehead atoms. The second-order valence-corrected chi connectivity index (χ2v) is 5.43. The van der Waals surface area contributed by atoms with Gasteiger partial charge >= 0.3 is 5.97 Å². The summed E-state index contributed by atoms with van der Waals surface area (Å²) in [4.78, 5) is 12.2. The second-order valence-electron chi connectivity index (χ2n) is 5.43. The molecule has 2 aromatic rings. The van der Waals surface area contributed by atoms with Gasteiger partial charge in [0.2, 0.25) is 0 Å². The van der Waals surface area contributed by atoms with Gasteiger partial charge in [0, 0.05) is 6.61 Å². The molecule has 1 atom stereocenters. The van der Waals surface area contributed by atoms with E-state index in [1.807, 2.05) is 26.0 Å². The van der Waals surface area contributed by atoms with E-state index in [1.165, 1.54) is 0 Å². The lowest BCUT2D eigenvalue weighted by Crippen LogP contribution is -2.09. The largest absolute Gasteiger partial charge is 0.494 e. The number of hydrogen-bond donors (Lipinski definition) is 0. The van der Waals surface area contributed by atoms with Gasteiger partial charge in [-0.15, -0.1) is 0 Å². The third kappa shape index (κ3) is 5.10. The topological polar surface area (TPSA) is 44.8 Å². The van der Waals surface area contributed by atoms with Gasteiger partial charge in [-0.25, -0.2) is 4.79 Å². The molecule has 0 saturated heterocycles. The van der Waals surface area contributed by atoms with Crippen LogP contribution in [0.25, 0.3) is 0 Å².